The Bertz CT molecular complexity index is 387. The van der Waals surface area contributed by atoms with Gasteiger partial charge in [0.05, 0.1) is 16.2 Å². The summed E-state index contributed by atoms with van der Waals surface area (Å²) in [6.45, 7) is 3.73. The van der Waals surface area contributed by atoms with Gasteiger partial charge in [0.2, 0.25) is 0 Å². The average molecular weight is 401 g/mol. The number of aliphatic hydroxyl groups excluding tert-OH is 1. The van der Waals surface area contributed by atoms with Gasteiger partial charge in [-0.3, -0.25) is 0 Å². The molecule has 0 fully saturated rings. The zero-order valence-electron chi connectivity index (χ0n) is 17.5. The monoisotopic (exact) mass is 400 g/mol. The zero-order valence-corrected chi connectivity index (χ0v) is 20.4. The molecule has 0 saturated carbocycles. The van der Waals surface area contributed by atoms with E-state index in [0.29, 0.717) is 6.42 Å². The maximum Gasteiger partial charge on any atom is 1.00 e. The molecule has 0 bridgehead atoms. The van der Waals surface area contributed by atoms with E-state index in [9.17, 15) is 18.1 Å². The molecule has 0 radical (unpaired) electrons. The van der Waals surface area contributed by atoms with Crippen LogP contribution >= 0.6 is 0 Å². The molecular weight excluding hydrogens is 359 g/mol. The smallest absolute Gasteiger partial charge is 0.748 e. The summed E-state index contributed by atoms with van der Waals surface area (Å²) in [6.07, 6.45) is 17.4. The van der Waals surface area contributed by atoms with E-state index in [1.807, 2.05) is 0 Å². The van der Waals surface area contributed by atoms with E-state index >= 15 is 0 Å². The molecule has 0 rings (SSSR count). The summed E-state index contributed by atoms with van der Waals surface area (Å²) in [7, 11) is -4.12. The van der Waals surface area contributed by atoms with Crippen molar-refractivity contribution >= 4 is 10.1 Å². The molecule has 6 heteroatoms. The van der Waals surface area contributed by atoms with Gasteiger partial charge in [0, 0.05) is 5.25 Å². The predicted octanol–water partition coefficient (Wildman–Crippen LogP) is 2.55. The number of aliphatic hydroxyl groups is 1. The standard InChI is InChI=1S/C20H42O4S.Na/c1-3-4-5-6-7-8-9-10-14-17-20(21)18-15-12-11-13-16-19(2)25(22,23)24;/h19-21H,3-18H2,1-2H3,(H,22,23,24);/q;+1/p-1. The second-order valence-corrected chi connectivity index (χ2v) is 9.36. The van der Waals surface area contributed by atoms with Gasteiger partial charge in [-0.1, -0.05) is 90.4 Å². The van der Waals surface area contributed by atoms with Crippen LogP contribution in [0, 0.1) is 0 Å². The molecule has 26 heavy (non-hydrogen) atoms. The van der Waals surface area contributed by atoms with Gasteiger partial charge in [-0.05, 0) is 26.2 Å². The van der Waals surface area contributed by atoms with Gasteiger partial charge in [0.1, 0.15) is 0 Å². The van der Waals surface area contributed by atoms with Crippen LogP contribution in [0.5, 0.6) is 0 Å². The van der Waals surface area contributed by atoms with Crippen LogP contribution in [0.25, 0.3) is 0 Å². The minimum Gasteiger partial charge on any atom is -0.748 e. The minimum atomic E-state index is -4.12. The molecule has 1 N–H and O–H groups in total. The summed E-state index contributed by atoms with van der Waals surface area (Å²) in [5.74, 6) is 0. The third kappa shape index (κ3) is 19.6. The van der Waals surface area contributed by atoms with Crippen molar-refractivity contribution in [2.45, 2.75) is 128 Å². The van der Waals surface area contributed by atoms with Gasteiger partial charge < -0.3 is 9.66 Å². The molecule has 0 aliphatic rings. The van der Waals surface area contributed by atoms with Crippen molar-refractivity contribution in [3.63, 3.8) is 0 Å². The fourth-order valence-corrected chi connectivity index (χ4v) is 3.60. The first kappa shape index (κ1) is 29.1. The van der Waals surface area contributed by atoms with Crippen molar-refractivity contribution < 1.29 is 47.6 Å². The van der Waals surface area contributed by atoms with Crippen molar-refractivity contribution in [3.05, 3.63) is 0 Å². The van der Waals surface area contributed by atoms with E-state index in [2.05, 4.69) is 6.92 Å². The van der Waals surface area contributed by atoms with Gasteiger partial charge in [-0.25, -0.2) is 8.42 Å². The van der Waals surface area contributed by atoms with Crippen LogP contribution in [0.4, 0.5) is 0 Å². The van der Waals surface area contributed by atoms with Crippen molar-refractivity contribution in [2.75, 3.05) is 0 Å². The Morgan fingerprint density at radius 1 is 0.731 bits per heavy atom. The van der Waals surface area contributed by atoms with Crippen LogP contribution in [0.1, 0.15) is 117 Å². The molecule has 2 atom stereocenters. The summed E-state index contributed by atoms with van der Waals surface area (Å²) in [5, 5.41) is 9.21. The van der Waals surface area contributed by atoms with Gasteiger partial charge in [0.25, 0.3) is 0 Å². The maximum absolute atomic E-state index is 10.8. The van der Waals surface area contributed by atoms with E-state index in [1.165, 1.54) is 58.3 Å². The van der Waals surface area contributed by atoms with E-state index in [0.717, 1.165) is 44.9 Å². The molecule has 0 aromatic rings. The van der Waals surface area contributed by atoms with Crippen molar-refractivity contribution in [3.8, 4) is 0 Å². The first-order chi connectivity index (χ1) is 11.9. The molecule has 0 spiro atoms. The summed E-state index contributed by atoms with van der Waals surface area (Å²) < 4.78 is 32.3. The Kier molecular flexibility index (Phi) is 21.5. The molecule has 2 unspecified atom stereocenters. The summed E-state index contributed by atoms with van der Waals surface area (Å²) in [5.41, 5.74) is 0. The third-order valence-electron chi connectivity index (χ3n) is 5.03. The second kappa shape index (κ2) is 19.2. The average Bonchev–Trinajstić information content (AvgIpc) is 2.55. The Labute approximate surface area is 185 Å². The Morgan fingerprint density at radius 2 is 1.08 bits per heavy atom. The van der Waals surface area contributed by atoms with Crippen LogP contribution in [0.2, 0.25) is 0 Å². The number of unbranched alkanes of at least 4 members (excludes halogenated alkanes) is 11. The molecular formula is C20H41NaO4S. The Balaban J connectivity index is 0. The van der Waals surface area contributed by atoms with E-state index in [4.69, 9.17) is 0 Å². The van der Waals surface area contributed by atoms with Crippen molar-refractivity contribution in [1.29, 1.82) is 0 Å². The van der Waals surface area contributed by atoms with Crippen LogP contribution in [0.3, 0.4) is 0 Å². The molecule has 0 aromatic heterocycles. The molecule has 0 aliphatic heterocycles. The largest absolute Gasteiger partial charge is 1.00 e. The number of rotatable bonds is 18. The fraction of sp³-hybridized carbons (Fsp3) is 1.00. The molecule has 0 aromatic carbocycles. The van der Waals surface area contributed by atoms with Crippen LogP contribution < -0.4 is 29.6 Å². The number of hydrogen-bond donors (Lipinski definition) is 1. The summed E-state index contributed by atoms with van der Waals surface area (Å²) in [6, 6.07) is 0. The van der Waals surface area contributed by atoms with Gasteiger partial charge >= 0.3 is 29.6 Å². The SMILES string of the molecule is CCCCCCCCCCCC(O)CCCCCCC(C)S(=O)(=O)[O-].[Na+]. The van der Waals surface area contributed by atoms with Gasteiger partial charge in [-0.15, -0.1) is 0 Å². The minimum absolute atomic E-state index is 0. The maximum atomic E-state index is 10.8. The summed E-state index contributed by atoms with van der Waals surface area (Å²) in [4.78, 5) is 0. The topological polar surface area (TPSA) is 77.4 Å². The Morgan fingerprint density at radius 3 is 1.46 bits per heavy atom. The molecule has 0 saturated heterocycles. The van der Waals surface area contributed by atoms with E-state index < -0.39 is 15.4 Å². The molecule has 0 amide bonds. The normalized spacial score (nSPS) is 14.0. The summed E-state index contributed by atoms with van der Waals surface area (Å²) >= 11 is 0. The second-order valence-electron chi connectivity index (χ2n) is 7.57. The van der Waals surface area contributed by atoms with Gasteiger partial charge in [-0.2, -0.15) is 0 Å². The first-order valence-corrected chi connectivity index (χ1v) is 12.0. The molecule has 152 valence electrons. The fourth-order valence-electron chi connectivity index (χ4n) is 3.14. The number of hydrogen-bond acceptors (Lipinski definition) is 4. The third-order valence-corrected chi connectivity index (χ3v) is 6.25. The van der Waals surface area contributed by atoms with Gasteiger partial charge in [0.15, 0.2) is 0 Å². The zero-order chi connectivity index (χ0) is 19.0. The predicted molar refractivity (Wildman–Crippen MR) is 105 cm³/mol. The molecule has 0 heterocycles. The molecule has 4 nitrogen and oxygen atoms in total. The van der Waals surface area contributed by atoms with Crippen LogP contribution in [-0.4, -0.2) is 29.4 Å². The Hall–Kier alpha value is 0.870. The van der Waals surface area contributed by atoms with E-state index in [-0.39, 0.29) is 35.7 Å². The first-order valence-electron chi connectivity index (χ1n) is 10.5. The quantitative estimate of drug-likeness (QED) is 0.218. The van der Waals surface area contributed by atoms with Crippen molar-refractivity contribution in [1.82, 2.24) is 0 Å². The molecule has 0 aliphatic carbocycles. The van der Waals surface area contributed by atoms with Crippen LogP contribution in [0.15, 0.2) is 0 Å². The van der Waals surface area contributed by atoms with E-state index in [1.54, 1.807) is 0 Å². The van der Waals surface area contributed by atoms with Crippen LogP contribution in [-0.2, 0) is 10.1 Å². The van der Waals surface area contributed by atoms with Crippen molar-refractivity contribution in [2.24, 2.45) is 0 Å².